The van der Waals surface area contributed by atoms with Gasteiger partial charge in [0.25, 0.3) is 0 Å². The number of fused-ring (bicyclic) bond motifs is 3. The summed E-state index contributed by atoms with van der Waals surface area (Å²) in [6.07, 6.45) is 0. The van der Waals surface area contributed by atoms with Crippen LogP contribution in [0, 0.1) is 0 Å². The van der Waals surface area contributed by atoms with Crippen LogP contribution in [0.5, 0.6) is 0 Å². The van der Waals surface area contributed by atoms with Gasteiger partial charge in [-0.05, 0) is 75.9 Å². The van der Waals surface area contributed by atoms with Gasteiger partial charge in [-0.3, -0.25) is 0 Å². The molecule has 0 saturated heterocycles. The zero-order valence-electron chi connectivity index (χ0n) is 18.0. The highest BCUT2D eigenvalue weighted by atomic mass is 79.9. The summed E-state index contributed by atoms with van der Waals surface area (Å²) in [6.45, 7) is 0. The first kappa shape index (κ1) is 24.8. The molecule has 176 valence electrons. The Bertz CT molecular complexity index is 1600. The topological polar surface area (TPSA) is 6.48 Å². The Morgan fingerprint density at radius 1 is 0.471 bits per heavy atom. The number of thiophene rings is 6. The van der Waals surface area contributed by atoms with Crippen LogP contribution in [0.3, 0.4) is 0 Å². The second-order valence-corrected chi connectivity index (χ2v) is 17.4. The number of anilines is 2. The average molecular weight is 818 g/mol. The minimum absolute atomic E-state index is 1.19. The largest absolute Gasteiger partial charge is 0.370 e. The normalized spacial score (nSPS) is 12.1. The summed E-state index contributed by atoms with van der Waals surface area (Å²) < 4.78 is 12.7. The van der Waals surface area contributed by atoms with Gasteiger partial charge < -0.3 is 9.80 Å². The van der Waals surface area contributed by atoms with Crippen LogP contribution < -0.4 is 9.80 Å². The Morgan fingerprint density at radius 2 is 0.794 bits per heavy atom. The van der Waals surface area contributed by atoms with Crippen LogP contribution in [0.25, 0.3) is 47.7 Å². The number of hydrogen-bond donors (Lipinski definition) is 0. The Kier molecular flexibility index (Phi) is 6.61. The molecule has 0 aliphatic carbocycles. The molecule has 2 nitrogen and oxygen atoms in total. The van der Waals surface area contributed by atoms with Crippen LogP contribution in [-0.2, 0) is 0 Å². The molecule has 0 saturated carbocycles. The molecule has 0 unspecified atom stereocenters. The van der Waals surface area contributed by atoms with E-state index in [0.717, 1.165) is 0 Å². The molecule has 6 aromatic heterocycles. The van der Waals surface area contributed by atoms with Gasteiger partial charge in [-0.15, -0.1) is 68.0 Å². The van der Waals surface area contributed by atoms with Crippen molar-refractivity contribution in [3.8, 4) is 19.5 Å². The molecule has 0 atom stereocenters. The number of halogens is 4. The predicted molar refractivity (Wildman–Crippen MR) is 177 cm³/mol. The molecule has 6 aromatic rings. The molecule has 0 N–H and O–H groups in total. The van der Waals surface area contributed by atoms with Crippen LogP contribution >= 0.6 is 132 Å². The first-order valence-corrected chi connectivity index (χ1v) is 17.9. The highest BCUT2D eigenvalue weighted by Gasteiger charge is 2.26. The van der Waals surface area contributed by atoms with Crippen molar-refractivity contribution in [3.05, 3.63) is 30.0 Å². The fraction of sp³-hybridized carbons (Fsp3) is 0.182. The van der Waals surface area contributed by atoms with Gasteiger partial charge in [-0.25, -0.2) is 0 Å². The van der Waals surface area contributed by atoms with Crippen molar-refractivity contribution in [2.45, 2.75) is 0 Å². The second kappa shape index (κ2) is 9.06. The highest BCUT2D eigenvalue weighted by molar-refractivity contribution is 9.11. The molecule has 0 aliphatic rings. The van der Waals surface area contributed by atoms with Crippen LogP contribution in [0.2, 0.25) is 0 Å². The highest BCUT2D eigenvalue weighted by Crippen LogP contribution is 2.59. The fourth-order valence-electron chi connectivity index (χ4n) is 3.60. The molecule has 34 heavy (non-hydrogen) atoms. The van der Waals surface area contributed by atoms with E-state index < -0.39 is 0 Å². The fourth-order valence-corrected chi connectivity index (χ4v) is 15.6. The van der Waals surface area contributed by atoms with Gasteiger partial charge in [-0.2, -0.15) is 0 Å². The lowest BCUT2D eigenvalue weighted by molar-refractivity contribution is 1.16. The molecular weight excluding hydrogens is 804 g/mol. The summed E-state index contributed by atoms with van der Waals surface area (Å²) in [5, 5.41) is 2.57. The van der Waals surface area contributed by atoms with Gasteiger partial charge in [0.05, 0.1) is 66.2 Å². The van der Waals surface area contributed by atoms with E-state index in [1.54, 1.807) is 0 Å². The molecule has 0 amide bonds. The summed E-state index contributed by atoms with van der Waals surface area (Å²) in [4.78, 5) is 9.54. The lowest BCUT2D eigenvalue weighted by Crippen LogP contribution is -2.05. The molecule has 0 spiro atoms. The van der Waals surface area contributed by atoms with E-state index in [9.17, 15) is 0 Å². The molecule has 0 bridgehead atoms. The first-order valence-electron chi connectivity index (χ1n) is 9.85. The molecule has 6 rings (SSSR count). The van der Waals surface area contributed by atoms with Gasteiger partial charge in [0.2, 0.25) is 0 Å². The Hall–Kier alpha value is 0.500. The quantitative estimate of drug-likeness (QED) is 0.175. The maximum absolute atomic E-state index is 3.97. The Balaban J connectivity index is 1.46. The van der Waals surface area contributed by atoms with Crippen LogP contribution in [0.4, 0.5) is 10.0 Å². The van der Waals surface area contributed by atoms with Crippen LogP contribution in [0.15, 0.2) is 30.0 Å². The van der Waals surface area contributed by atoms with Crippen molar-refractivity contribution in [2.24, 2.45) is 0 Å². The Morgan fingerprint density at radius 3 is 1.12 bits per heavy atom. The van der Waals surface area contributed by atoms with Crippen molar-refractivity contribution in [2.75, 3.05) is 38.0 Å². The van der Waals surface area contributed by atoms with E-state index in [-0.39, 0.29) is 0 Å². The van der Waals surface area contributed by atoms with Crippen molar-refractivity contribution in [1.82, 2.24) is 0 Å². The standard InChI is InChI=1S/C22H14Br4N2S6/c1-27(2)9-5-7-15(31-9)11(23)17(29-7)19-13(25)21-22(33-19)14(26)20(34-21)18-12(24)16-8(30-18)6-10(32-16)28(3)4/h5-6H,1-4H3. The molecule has 0 fully saturated rings. The molecule has 12 heteroatoms. The van der Waals surface area contributed by atoms with E-state index in [1.165, 1.54) is 75.6 Å². The van der Waals surface area contributed by atoms with Gasteiger partial charge in [0, 0.05) is 37.6 Å². The van der Waals surface area contributed by atoms with Crippen molar-refractivity contribution in [1.29, 1.82) is 0 Å². The maximum atomic E-state index is 3.97. The summed E-state index contributed by atoms with van der Waals surface area (Å²) in [7, 11) is 8.39. The monoisotopic (exact) mass is 814 g/mol. The molecular formula is C22H14Br4N2S6. The molecule has 0 aliphatic heterocycles. The summed E-state index contributed by atoms with van der Waals surface area (Å²) in [5.74, 6) is 0. The minimum Gasteiger partial charge on any atom is -0.370 e. The van der Waals surface area contributed by atoms with Crippen molar-refractivity contribution >= 4 is 170 Å². The lowest BCUT2D eigenvalue weighted by atomic mass is 10.3. The molecule has 0 radical (unpaired) electrons. The molecule has 0 aromatic carbocycles. The summed E-state index contributed by atoms with van der Waals surface area (Å²) in [6, 6.07) is 4.58. The van der Waals surface area contributed by atoms with Crippen molar-refractivity contribution < 1.29 is 0 Å². The average Bonchev–Trinajstić information content (AvgIpc) is 3.58. The van der Waals surface area contributed by atoms with Crippen molar-refractivity contribution in [3.63, 3.8) is 0 Å². The van der Waals surface area contributed by atoms with Crippen LogP contribution in [0.1, 0.15) is 0 Å². The maximum Gasteiger partial charge on any atom is 0.0924 e. The van der Waals surface area contributed by atoms with E-state index in [0.29, 0.717) is 0 Å². The second-order valence-electron chi connectivity index (χ2n) is 7.98. The minimum atomic E-state index is 1.19. The summed E-state index contributed by atoms with van der Waals surface area (Å²) >= 11 is 26.9. The number of nitrogens with zero attached hydrogens (tertiary/aromatic N) is 2. The van der Waals surface area contributed by atoms with E-state index in [4.69, 9.17) is 0 Å². The zero-order chi connectivity index (χ0) is 24.0. The Labute approximate surface area is 254 Å². The van der Waals surface area contributed by atoms with Crippen LogP contribution in [-0.4, -0.2) is 28.2 Å². The van der Waals surface area contributed by atoms with E-state index in [1.807, 2.05) is 68.0 Å². The smallest absolute Gasteiger partial charge is 0.0924 e. The SMILES string of the molecule is CN(C)c1cc2sc(-c3sc4c(Br)c(-c5sc6cc(N(C)C)sc6c5Br)sc4c3Br)c(Br)c2s1. The van der Waals surface area contributed by atoms with Gasteiger partial charge >= 0.3 is 0 Å². The number of rotatable bonds is 4. The first-order chi connectivity index (χ1) is 16.2. The van der Waals surface area contributed by atoms with Gasteiger partial charge in [-0.1, -0.05) is 0 Å². The third-order valence-corrected chi connectivity index (χ3v) is 18.6. The summed E-state index contributed by atoms with van der Waals surface area (Å²) in [5.41, 5.74) is 0. The van der Waals surface area contributed by atoms with E-state index >= 15 is 0 Å². The van der Waals surface area contributed by atoms with E-state index in [2.05, 4.69) is 114 Å². The third-order valence-electron chi connectivity index (χ3n) is 5.30. The predicted octanol–water partition coefficient (Wildman–Crippen LogP) is 12.0. The van der Waals surface area contributed by atoms with Gasteiger partial charge in [0.1, 0.15) is 0 Å². The van der Waals surface area contributed by atoms with Gasteiger partial charge in [0.15, 0.2) is 0 Å². The molecule has 6 heterocycles. The third kappa shape index (κ3) is 3.77. The number of hydrogen-bond acceptors (Lipinski definition) is 8. The lowest BCUT2D eigenvalue weighted by Gasteiger charge is -2.07. The zero-order valence-corrected chi connectivity index (χ0v) is 29.3.